The normalized spacial score (nSPS) is 24.5. The molecule has 2 N–H and O–H groups in total. The Morgan fingerprint density at radius 1 is 1.38 bits per heavy atom. The average Bonchev–Trinajstić information content (AvgIpc) is 2.37. The van der Waals surface area contributed by atoms with Gasteiger partial charge in [-0.15, -0.1) is 0 Å². The van der Waals surface area contributed by atoms with Gasteiger partial charge in [0.05, 0.1) is 11.4 Å². The minimum atomic E-state index is -2.97. The van der Waals surface area contributed by atoms with Gasteiger partial charge in [0.25, 0.3) is 0 Å². The lowest BCUT2D eigenvalue weighted by Crippen LogP contribution is -2.33. The molecule has 0 bridgehead atoms. The van der Waals surface area contributed by atoms with Crippen LogP contribution in [0.25, 0.3) is 0 Å². The summed E-state index contributed by atoms with van der Waals surface area (Å²) in [6.45, 7) is 1.98. The van der Waals surface area contributed by atoms with E-state index in [-0.39, 0.29) is 17.4 Å². The molecule has 4 nitrogen and oxygen atoms in total. The topological polar surface area (TPSA) is 69.4 Å². The first-order valence-corrected chi connectivity index (χ1v) is 9.50. The van der Waals surface area contributed by atoms with E-state index in [2.05, 4.69) is 0 Å². The molecule has 2 rings (SSSR count). The molecule has 1 aromatic rings. The molecule has 0 radical (unpaired) electrons. The third-order valence-corrected chi connectivity index (χ3v) is 5.58. The van der Waals surface area contributed by atoms with Gasteiger partial charge in [0.1, 0.15) is 15.6 Å². The zero-order valence-corrected chi connectivity index (χ0v) is 13.6. The van der Waals surface area contributed by atoms with Crippen LogP contribution in [0.4, 0.5) is 0 Å². The van der Waals surface area contributed by atoms with Crippen LogP contribution in [0.1, 0.15) is 38.2 Å². The molecule has 21 heavy (non-hydrogen) atoms. The van der Waals surface area contributed by atoms with Crippen molar-refractivity contribution in [2.45, 2.75) is 56.4 Å². The summed E-state index contributed by atoms with van der Waals surface area (Å²) >= 11 is 0. The van der Waals surface area contributed by atoms with Crippen molar-refractivity contribution in [2.75, 3.05) is 6.26 Å². The van der Waals surface area contributed by atoms with Crippen LogP contribution in [0.3, 0.4) is 0 Å². The smallest absolute Gasteiger partial charge is 0.150 e. The molecular weight excluding hydrogens is 286 g/mol. The number of hydrogen-bond donors (Lipinski definition) is 1. The highest BCUT2D eigenvalue weighted by Gasteiger charge is 2.29. The Balaban J connectivity index is 2.01. The maximum Gasteiger partial charge on any atom is 0.150 e. The Hall–Kier alpha value is -1.07. The van der Waals surface area contributed by atoms with Crippen LogP contribution in [0.2, 0.25) is 0 Å². The van der Waals surface area contributed by atoms with Crippen LogP contribution < -0.4 is 10.5 Å². The number of rotatable bonds is 5. The van der Waals surface area contributed by atoms with Crippen LogP contribution in [0.15, 0.2) is 24.3 Å². The van der Waals surface area contributed by atoms with Crippen LogP contribution in [0, 0.1) is 0 Å². The lowest BCUT2D eigenvalue weighted by atomic mass is 9.97. The first-order valence-electron chi connectivity index (χ1n) is 7.54. The highest BCUT2D eigenvalue weighted by atomic mass is 32.2. The van der Waals surface area contributed by atoms with E-state index in [1.54, 1.807) is 0 Å². The molecule has 1 saturated carbocycles. The Morgan fingerprint density at radius 2 is 2.14 bits per heavy atom. The van der Waals surface area contributed by atoms with Crippen LogP contribution in [-0.4, -0.2) is 32.1 Å². The van der Waals surface area contributed by atoms with E-state index in [9.17, 15) is 8.42 Å². The molecule has 1 aromatic carbocycles. The predicted octanol–water partition coefficient (Wildman–Crippen LogP) is 2.31. The second kappa shape index (κ2) is 6.79. The van der Waals surface area contributed by atoms with Crippen molar-refractivity contribution in [1.29, 1.82) is 0 Å². The first-order chi connectivity index (χ1) is 9.84. The second-order valence-electron chi connectivity index (χ2n) is 6.19. The van der Waals surface area contributed by atoms with Gasteiger partial charge < -0.3 is 10.5 Å². The molecule has 0 heterocycles. The van der Waals surface area contributed by atoms with Gasteiger partial charge in [-0.3, -0.25) is 0 Å². The van der Waals surface area contributed by atoms with Gasteiger partial charge in [-0.05, 0) is 50.3 Å². The third kappa shape index (κ3) is 5.00. The third-order valence-electron chi connectivity index (χ3n) is 3.94. The largest absolute Gasteiger partial charge is 0.490 e. The zero-order chi connectivity index (χ0) is 15.5. The second-order valence-corrected chi connectivity index (χ2v) is 8.51. The van der Waals surface area contributed by atoms with E-state index in [1.807, 2.05) is 31.2 Å². The van der Waals surface area contributed by atoms with Crippen molar-refractivity contribution >= 4 is 9.84 Å². The molecule has 3 unspecified atom stereocenters. The van der Waals surface area contributed by atoms with E-state index in [1.165, 1.54) is 6.26 Å². The summed E-state index contributed by atoms with van der Waals surface area (Å²) in [7, 11) is -2.97. The SMILES string of the molecule is CC(N)Cc1cccc(OC2CCCC(S(C)(=O)=O)C2)c1. The number of sulfone groups is 1. The fraction of sp³-hybridized carbons (Fsp3) is 0.625. The highest BCUT2D eigenvalue weighted by molar-refractivity contribution is 7.91. The number of benzene rings is 1. The number of nitrogens with two attached hydrogens (primary N) is 1. The van der Waals surface area contributed by atoms with E-state index >= 15 is 0 Å². The summed E-state index contributed by atoms with van der Waals surface area (Å²) < 4.78 is 29.4. The van der Waals surface area contributed by atoms with E-state index in [0.717, 1.165) is 37.0 Å². The Labute approximate surface area is 127 Å². The molecule has 1 aliphatic rings. The summed E-state index contributed by atoms with van der Waals surface area (Å²) in [4.78, 5) is 0. The molecule has 3 atom stereocenters. The van der Waals surface area contributed by atoms with Crippen LogP contribution in [-0.2, 0) is 16.3 Å². The van der Waals surface area contributed by atoms with E-state index in [0.29, 0.717) is 6.42 Å². The average molecular weight is 311 g/mol. The molecule has 0 amide bonds. The number of hydrogen-bond acceptors (Lipinski definition) is 4. The minimum absolute atomic E-state index is 0.0102. The van der Waals surface area contributed by atoms with Gasteiger partial charge in [0.2, 0.25) is 0 Å². The fourth-order valence-corrected chi connectivity index (χ4v) is 4.07. The van der Waals surface area contributed by atoms with Gasteiger partial charge in [0, 0.05) is 18.7 Å². The van der Waals surface area contributed by atoms with Crippen molar-refractivity contribution in [1.82, 2.24) is 0 Å². The summed E-state index contributed by atoms with van der Waals surface area (Å²) in [6, 6.07) is 8.05. The van der Waals surface area contributed by atoms with Crippen molar-refractivity contribution in [2.24, 2.45) is 5.73 Å². The molecule has 0 aliphatic heterocycles. The molecule has 1 fully saturated rings. The molecule has 118 valence electrons. The maximum absolute atomic E-state index is 11.7. The van der Waals surface area contributed by atoms with Crippen molar-refractivity contribution < 1.29 is 13.2 Å². The first kappa shape index (κ1) is 16.3. The summed E-state index contributed by atoms with van der Waals surface area (Å²) in [6.07, 6.45) is 5.30. The highest BCUT2D eigenvalue weighted by Crippen LogP contribution is 2.27. The Kier molecular flexibility index (Phi) is 5.27. The van der Waals surface area contributed by atoms with Gasteiger partial charge in [-0.25, -0.2) is 8.42 Å². The molecule has 0 aromatic heterocycles. The van der Waals surface area contributed by atoms with E-state index < -0.39 is 9.84 Å². The molecular formula is C16H25NO3S. The van der Waals surface area contributed by atoms with Crippen molar-refractivity contribution in [3.05, 3.63) is 29.8 Å². The van der Waals surface area contributed by atoms with E-state index in [4.69, 9.17) is 10.5 Å². The summed E-state index contributed by atoms with van der Waals surface area (Å²) in [5, 5.41) is -0.261. The minimum Gasteiger partial charge on any atom is -0.490 e. The fourth-order valence-electron chi connectivity index (χ4n) is 2.91. The van der Waals surface area contributed by atoms with Crippen LogP contribution >= 0.6 is 0 Å². The van der Waals surface area contributed by atoms with Crippen molar-refractivity contribution in [3.63, 3.8) is 0 Å². The molecule has 0 saturated heterocycles. The monoisotopic (exact) mass is 311 g/mol. The lowest BCUT2D eigenvalue weighted by molar-refractivity contribution is 0.156. The molecule has 1 aliphatic carbocycles. The predicted molar refractivity (Wildman–Crippen MR) is 85.3 cm³/mol. The van der Waals surface area contributed by atoms with Gasteiger partial charge in [-0.2, -0.15) is 0 Å². The summed E-state index contributed by atoms with van der Waals surface area (Å²) in [5.41, 5.74) is 6.97. The van der Waals surface area contributed by atoms with Crippen LogP contribution in [0.5, 0.6) is 5.75 Å². The zero-order valence-electron chi connectivity index (χ0n) is 12.8. The Morgan fingerprint density at radius 3 is 2.81 bits per heavy atom. The van der Waals surface area contributed by atoms with Gasteiger partial charge in [0.15, 0.2) is 0 Å². The van der Waals surface area contributed by atoms with Gasteiger partial charge >= 0.3 is 0 Å². The Bertz CT molecular complexity index is 569. The lowest BCUT2D eigenvalue weighted by Gasteiger charge is -2.28. The quantitative estimate of drug-likeness (QED) is 0.906. The molecule has 5 heteroatoms. The standard InChI is InChI=1S/C16H25NO3S/c1-12(17)9-13-5-3-6-14(10-13)20-15-7-4-8-16(11-15)21(2,18)19/h3,5-6,10,12,15-16H,4,7-9,11,17H2,1-2H3. The molecule has 0 spiro atoms. The summed E-state index contributed by atoms with van der Waals surface area (Å²) in [5.74, 6) is 0.812. The van der Waals surface area contributed by atoms with Gasteiger partial charge in [-0.1, -0.05) is 12.1 Å². The number of ether oxygens (including phenoxy) is 1. The van der Waals surface area contributed by atoms with Crippen molar-refractivity contribution in [3.8, 4) is 5.75 Å². The maximum atomic E-state index is 11.7.